The van der Waals surface area contributed by atoms with Gasteiger partial charge in [-0.05, 0) is 43.0 Å². The zero-order chi connectivity index (χ0) is 19.9. The second-order valence-electron chi connectivity index (χ2n) is 6.48. The van der Waals surface area contributed by atoms with Crippen LogP contribution in [0.3, 0.4) is 0 Å². The fourth-order valence-electron chi connectivity index (χ4n) is 2.85. The first-order valence-corrected chi connectivity index (χ1v) is 10.6. The van der Waals surface area contributed by atoms with E-state index in [1.807, 2.05) is 31.2 Å². The average molecular weight is 422 g/mol. The van der Waals surface area contributed by atoms with Crippen LogP contribution in [-0.2, 0) is 14.3 Å². The summed E-state index contributed by atoms with van der Waals surface area (Å²) in [6.45, 7) is 3.23. The zero-order valence-corrected chi connectivity index (χ0v) is 17.4. The fourth-order valence-corrected chi connectivity index (χ4v) is 4.16. The van der Waals surface area contributed by atoms with Crippen molar-refractivity contribution in [2.75, 3.05) is 19.9 Å². The van der Waals surface area contributed by atoms with Crippen molar-refractivity contribution in [1.82, 2.24) is 4.90 Å². The maximum absolute atomic E-state index is 12.7. The Morgan fingerprint density at radius 2 is 2.11 bits per heavy atom. The Morgan fingerprint density at radius 3 is 2.93 bits per heavy atom. The number of esters is 1. The molecule has 1 aromatic rings. The van der Waals surface area contributed by atoms with Crippen LogP contribution >= 0.6 is 24.0 Å². The van der Waals surface area contributed by atoms with E-state index < -0.39 is 0 Å². The summed E-state index contributed by atoms with van der Waals surface area (Å²) in [5.41, 5.74) is 0.871. The van der Waals surface area contributed by atoms with Gasteiger partial charge in [-0.1, -0.05) is 43.4 Å². The highest BCUT2D eigenvalue weighted by atomic mass is 32.2. The largest absolute Gasteiger partial charge is 0.466 e. The SMILES string of the molecule is CCCOC(=O)CCCCCN1C(=O)/C(=C/c2ccc3c(c2)OCO3)SC1=S. The van der Waals surface area contributed by atoms with Crippen molar-refractivity contribution >= 4 is 46.3 Å². The quantitative estimate of drug-likeness (QED) is 0.257. The summed E-state index contributed by atoms with van der Waals surface area (Å²) < 4.78 is 16.3. The van der Waals surface area contributed by atoms with E-state index in [1.54, 1.807) is 4.90 Å². The molecule has 6 nitrogen and oxygen atoms in total. The number of unbranched alkanes of at least 4 members (excludes halogenated alkanes) is 2. The van der Waals surface area contributed by atoms with Gasteiger partial charge < -0.3 is 14.2 Å². The van der Waals surface area contributed by atoms with Gasteiger partial charge in [0.1, 0.15) is 4.32 Å². The summed E-state index contributed by atoms with van der Waals surface area (Å²) >= 11 is 6.68. The molecule has 0 radical (unpaired) electrons. The predicted molar refractivity (Wildman–Crippen MR) is 112 cm³/mol. The predicted octanol–water partition coefficient (Wildman–Crippen LogP) is 4.13. The van der Waals surface area contributed by atoms with Crippen molar-refractivity contribution in [3.8, 4) is 11.5 Å². The summed E-state index contributed by atoms with van der Waals surface area (Å²) in [6, 6.07) is 5.57. The monoisotopic (exact) mass is 421 g/mol. The molecule has 1 amide bonds. The van der Waals surface area contributed by atoms with Crippen LogP contribution in [0.5, 0.6) is 11.5 Å². The molecule has 0 N–H and O–H groups in total. The lowest BCUT2D eigenvalue weighted by Gasteiger charge is -2.14. The van der Waals surface area contributed by atoms with Crippen LogP contribution in [-0.4, -0.2) is 41.0 Å². The van der Waals surface area contributed by atoms with Gasteiger partial charge in [-0.15, -0.1) is 0 Å². The van der Waals surface area contributed by atoms with E-state index in [2.05, 4.69) is 0 Å². The van der Waals surface area contributed by atoms with Crippen molar-refractivity contribution in [3.63, 3.8) is 0 Å². The highest BCUT2D eigenvalue weighted by molar-refractivity contribution is 8.26. The highest BCUT2D eigenvalue weighted by Crippen LogP contribution is 2.36. The molecule has 0 bridgehead atoms. The highest BCUT2D eigenvalue weighted by Gasteiger charge is 2.31. The molecule has 2 aliphatic rings. The molecule has 0 aromatic heterocycles. The Morgan fingerprint density at radius 1 is 1.29 bits per heavy atom. The van der Waals surface area contributed by atoms with Crippen LogP contribution in [0.25, 0.3) is 6.08 Å². The van der Waals surface area contributed by atoms with E-state index in [0.29, 0.717) is 40.3 Å². The summed E-state index contributed by atoms with van der Waals surface area (Å²) in [7, 11) is 0. The lowest BCUT2D eigenvalue weighted by molar-refractivity contribution is -0.143. The topological polar surface area (TPSA) is 65.1 Å². The Bertz CT molecular complexity index is 793. The Balaban J connectivity index is 1.48. The molecule has 1 fully saturated rings. The van der Waals surface area contributed by atoms with Crippen LogP contribution in [0.15, 0.2) is 23.1 Å². The van der Waals surface area contributed by atoms with Gasteiger partial charge in [0.05, 0.1) is 11.5 Å². The molecule has 3 rings (SSSR count). The lowest BCUT2D eigenvalue weighted by atomic mass is 10.1. The molecular weight excluding hydrogens is 398 g/mol. The van der Waals surface area contributed by atoms with Gasteiger partial charge in [0.15, 0.2) is 11.5 Å². The first-order valence-electron chi connectivity index (χ1n) is 9.39. The number of nitrogens with zero attached hydrogens (tertiary/aromatic N) is 1. The number of carbonyl (C=O) groups is 2. The van der Waals surface area contributed by atoms with Gasteiger partial charge in [0, 0.05) is 13.0 Å². The molecule has 1 aromatic carbocycles. The van der Waals surface area contributed by atoms with Crippen molar-refractivity contribution in [1.29, 1.82) is 0 Å². The molecule has 150 valence electrons. The zero-order valence-electron chi connectivity index (χ0n) is 15.8. The Kier molecular flexibility index (Phi) is 7.33. The third-order valence-corrected chi connectivity index (χ3v) is 5.68. The van der Waals surface area contributed by atoms with E-state index in [4.69, 9.17) is 26.4 Å². The van der Waals surface area contributed by atoms with E-state index in [1.165, 1.54) is 11.8 Å². The standard InChI is InChI=1S/C20H23NO5S2/c1-2-10-24-18(22)6-4-3-5-9-21-19(23)17(28-20(21)27)12-14-7-8-15-16(11-14)26-13-25-15/h7-8,11-12H,2-6,9-10,13H2,1H3/b17-12-. The summed E-state index contributed by atoms with van der Waals surface area (Å²) in [6.07, 6.45) is 5.47. The minimum atomic E-state index is -0.154. The minimum Gasteiger partial charge on any atom is -0.466 e. The molecule has 28 heavy (non-hydrogen) atoms. The lowest BCUT2D eigenvalue weighted by Crippen LogP contribution is -2.29. The molecular formula is C20H23NO5S2. The van der Waals surface area contributed by atoms with Crippen molar-refractivity contribution in [2.24, 2.45) is 0 Å². The normalized spacial score (nSPS) is 16.9. The van der Waals surface area contributed by atoms with Crippen LogP contribution in [0.2, 0.25) is 0 Å². The fraction of sp³-hybridized carbons (Fsp3) is 0.450. The van der Waals surface area contributed by atoms with Crippen LogP contribution in [0.1, 0.15) is 44.6 Å². The molecule has 1 saturated heterocycles. The van der Waals surface area contributed by atoms with E-state index in [-0.39, 0.29) is 18.7 Å². The second kappa shape index (κ2) is 9.93. The van der Waals surface area contributed by atoms with Gasteiger partial charge in [-0.25, -0.2) is 0 Å². The average Bonchev–Trinajstić information content (AvgIpc) is 3.25. The van der Waals surface area contributed by atoms with E-state index in [0.717, 1.165) is 31.2 Å². The number of hydrogen-bond acceptors (Lipinski definition) is 7. The number of thiocarbonyl (C=S) groups is 1. The van der Waals surface area contributed by atoms with Gasteiger partial charge >= 0.3 is 5.97 Å². The van der Waals surface area contributed by atoms with Crippen LogP contribution < -0.4 is 9.47 Å². The first kappa shape index (κ1) is 20.7. The summed E-state index contributed by atoms with van der Waals surface area (Å²) in [4.78, 5) is 26.4. The molecule has 0 unspecified atom stereocenters. The third-order valence-electron chi connectivity index (χ3n) is 4.30. The van der Waals surface area contributed by atoms with E-state index in [9.17, 15) is 9.59 Å². The van der Waals surface area contributed by atoms with E-state index >= 15 is 0 Å². The number of carbonyl (C=O) groups excluding carboxylic acids is 2. The number of fused-ring (bicyclic) bond motifs is 1. The maximum Gasteiger partial charge on any atom is 0.305 e. The van der Waals surface area contributed by atoms with Gasteiger partial charge in [-0.2, -0.15) is 0 Å². The molecule has 2 aliphatic heterocycles. The number of hydrogen-bond donors (Lipinski definition) is 0. The van der Waals surface area contributed by atoms with Gasteiger partial charge in [0.25, 0.3) is 5.91 Å². The van der Waals surface area contributed by atoms with Crippen molar-refractivity contribution in [2.45, 2.75) is 39.0 Å². The maximum atomic E-state index is 12.7. The Labute approximate surface area is 174 Å². The number of thioether (sulfide) groups is 1. The minimum absolute atomic E-state index is 0.0741. The second-order valence-corrected chi connectivity index (χ2v) is 8.15. The molecule has 2 heterocycles. The molecule has 0 spiro atoms. The summed E-state index contributed by atoms with van der Waals surface area (Å²) in [5.74, 6) is 1.17. The number of rotatable bonds is 9. The number of benzene rings is 1. The smallest absolute Gasteiger partial charge is 0.305 e. The van der Waals surface area contributed by atoms with Crippen molar-refractivity contribution < 1.29 is 23.8 Å². The van der Waals surface area contributed by atoms with Gasteiger partial charge in [0.2, 0.25) is 6.79 Å². The van der Waals surface area contributed by atoms with Crippen LogP contribution in [0, 0.1) is 0 Å². The third kappa shape index (κ3) is 5.26. The Hall–Kier alpha value is -2.06. The molecule has 0 saturated carbocycles. The molecule has 0 aliphatic carbocycles. The molecule has 0 atom stereocenters. The number of amides is 1. The molecule has 8 heteroatoms. The van der Waals surface area contributed by atoms with Gasteiger partial charge in [-0.3, -0.25) is 14.5 Å². The van der Waals surface area contributed by atoms with Crippen molar-refractivity contribution in [3.05, 3.63) is 28.7 Å². The summed E-state index contributed by atoms with van der Waals surface area (Å²) in [5, 5.41) is 0. The number of ether oxygens (including phenoxy) is 3. The van der Waals surface area contributed by atoms with Crippen LogP contribution in [0.4, 0.5) is 0 Å². The first-order chi connectivity index (χ1) is 13.6.